The van der Waals surface area contributed by atoms with Crippen molar-refractivity contribution in [3.63, 3.8) is 0 Å². The summed E-state index contributed by atoms with van der Waals surface area (Å²) in [5.41, 5.74) is 3.62. The molecule has 0 spiro atoms. The Bertz CT molecular complexity index is 756. The number of carbonyl (C=O) groups is 1. The zero-order valence-electron chi connectivity index (χ0n) is 10.6. The number of aliphatic imine (C=N–C) groups is 1. The van der Waals surface area contributed by atoms with Crippen LogP contribution < -0.4 is 5.32 Å². The molecule has 3 nitrogen and oxygen atoms in total. The van der Waals surface area contributed by atoms with Gasteiger partial charge in [0.05, 0.1) is 11.4 Å². The smallest absolute Gasteiger partial charge is 0.275 e. The molecule has 2 aromatic carbocycles. The first kappa shape index (κ1) is 13.3. The summed E-state index contributed by atoms with van der Waals surface area (Å²) < 4.78 is 0.905. The van der Waals surface area contributed by atoms with Crippen molar-refractivity contribution >= 4 is 50.5 Å². The molecule has 1 N–H and O–H groups in total. The Morgan fingerprint density at radius 1 is 1.20 bits per heavy atom. The number of hydrogen-bond donors (Lipinski definition) is 1. The maximum atomic E-state index is 12.0. The molecule has 0 saturated heterocycles. The number of aryl methyl sites for hydroxylation is 1. The van der Waals surface area contributed by atoms with Crippen molar-refractivity contribution in [2.24, 2.45) is 4.99 Å². The predicted molar refractivity (Wildman–Crippen MR) is 85.2 cm³/mol. The van der Waals surface area contributed by atoms with E-state index in [9.17, 15) is 4.79 Å². The average Bonchev–Trinajstić information content (AvgIpc) is 2.70. The lowest BCUT2D eigenvalue weighted by Gasteiger charge is -2.01. The van der Waals surface area contributed by atoms with Gasteiger partial charge in [0.25, 0.3) is 5.91 Å². The Kier molecular flexibility index (Phi) is 3.36. The highest BCUT2D eigenvalue weighted by Crippen LogP contribution is 2.29. The average molecular weight is 350 g/mol. The molecule has 0 radical (unpaired) electrons. The second-order valence-corrected chi connectivity index (χ2v) is 5.86. The lowest BCUT2D eigenvalue weighted by Crippen LogP contribution is -2.13. The summed E-state index contributed by atoms with van der Waals surface area (Å²) in [5.74, 6) is -0.199. The van der Waals surface area contributed by atoms with Crippen molar-refractivity contribution in [3.8, 4) is 0 Å². The van der Waals surface area contributed by atoms with Crippen molar-refractivity contribution in [1.29, 1.82) is 0 Å². The maximum Gasteiger partial charge on any atom is 0.275 e. The molecule has 100 valence electrons. The van der Waals surface area contributed by atoms with Gasteiger partial charge in [-0.25, -0.2) is 4.99 Å². The quantitative estimate of drug-likeness (QED) is 0.810. The molecule has 0 atom stereocenters. The third-order valence-electron chi connectivity index (χ3n) is 3.10. The highest BCUT2D eigenvalue weighted by atomic mass is 79.9. The monoisotopic (exact) mass is 348 g/mol. The summed E-state index contributed by atoms with van der Waals surface area (Å²) in [7, 11) is 0. The molecule has 1 aliphatic rings. The van der Waals surface area contributed by atoms with E-state index < -0.39 is 0 Å². The second-order valence-electron chi connectivity index (χ2n) is 4.54. The van der Waals surface area contributed by atoms with E-state index in [2.05, 4.69) is 26.2 Å². The first-order chi connectivity index (χ1) is 9.54. The fourth-order valence-electron chi connectivity index (χ4n) is 2.02. The number of hydrogen-bond acceptors (Lipinski definition) is 2. The highest BCUT2D eigenvalue weighted by molar-refractivity contribution is 9.10. The van der Waals surface area contributed by atoms with Gasteiger partial charge in [-0.1, -0.05) is 33.6 Å². The van der Waals surface area contributed by atoms with Gasteiger partial charge in [-0.2, -0.15) is 0 Å². The van der Waals surface area contributed by atoms with Crippen LogP contribution >= 0.6 is 27.5 Å². The minimum Gasteiger partial charge on any atom is -0.320 e. The molecule has 5 heteroatoms. The molecule has 0 fully saturated rings. The standard InChI is InChI=1S/C15H10BrClN2O/c1-8-2-4-10(7-12(8)17)18-14-11-6-9(16)3-5-13(11)19-15(14)20/h2-7H,1H3,(H,18,19,20). The molecule has 2 aromatic rings. The largest absolute Gasteiger partial charge is 0.320 e. The first-order valence-electron chi connectivity index (χ1n) is 6.01. The molecule has 0 aromatic heterocycles. The van der Waals surface area contributed by atoms with Gasteiger partial charge >= 0.3 is 0 Å². The fourth-order valence-corrected chi connectivity index (χ4v) is 2.55. The van der Waals surface area contributed by atoms with Crippen molar-refractivity contribution in [2.45, 2.75) is 6.92 Å². The van der Waals surface area contributed by atoms with Crippen LogP contribution in [0.15, 0.2) is 45.9 Å². The summed E-state index contributed by atoms with van der Waals surface area (Å²) in [6.45, 7) is 1.92. The van der Waals surface area contributed by atoms with E-state index in [-0.39, 0.29) is 5.91 Å². The molecule has 0 aliphatic carbocycles. The summed E-state index contributed by atoms with van der Waals surface area (Å²) in [6.07, 6.45) is 0. The van der Waals surface area contributed by atoms with Crippen LogP contribution in [0, 0.1) is 6.92 Å². The van der Waals surface area contributed by atoms with Gasteiger partial charge in [-0.05, 0) is 42.8 Å². The number of fused-ring (bicyclic) bond motifs is 1. The molecule has 0 saturated carbocycles. The predicted octanol–water partition coefficient (Wildman–Crippen LogP) is 4.48. The Labute approximate surface area is 129 Å². The Morgan fingerprint density at radius 3 is 2.75 bits per heavy atom. The fraction of sp³-hybridized carbons (Fsp3) is 0.0667. The van der Waals surface area contributed by atoms with Crippen molar-refractivity contribution in [3.05, 3.63) is 57.0 Å². The molecule has 1 aliphatic heterocycles. The number of halogens is 2. The van der Waals surface area contributed by atoms with Crippen LogP contribution in [-0.4, -0.2) is 11.6 Å². The minimum atomic E-state index is -0.199. The molecule has 3 rings (SSSR count). The van der Waals surface area contributed by atoms with Crippen LogP contribution in [0.25, 0.3) is 0 Å². The molecular formula is C15H10BrClN2O. The number of amides is 1. The van der Waals surface area contributed by atoms with E-state index >= 15 is 0 Å². The summed E-state index contributed by atoms with van der Waals surface area (Å²) in [6, 6.07) is 11.1. The van der Waals surface area contributed by atoms with Gasteiger partial charge in [0, 0.05) is 15.1 Å². The van der Waals surface area contributed by atoms with Crippen molar-refractivity contribution in [1.82, 2.24) is 0 Å². The molecule has 20 heavy (non-hydrogen) atoms. The van der Waals surface area contributed by atoms with Gasteiger partial charge in [0.2, 0.25) is 0 Å². The molecule has 1 amide bonds. The Balaban J connectivity index is 2.10. The number of nitrogens with zero attached hydrogens (tertiary/aromatic N) is 1. The number of carbonyl (C=O) groups excluding carboxylic acids is 1. The third kappa shape index (κ3) is 2.37. The third-order valence-corrected chi connectivity index (χ3v) is 4.00. The van der Waals surface area contributed by atoms with Crippen LogP contribution in [0.2, 0.25) is 5.02 Å². The lowest BCUT2D eigenvalue weighted by atomic mass is 10.1. The highest BCUT2D eigenvalue weighted by Gasteiger charge is 2.26. The minimum absolute atomic E-state index is 0.199. The van der Waals surface area contributed by atoms with Crippen molar-refractivity contribution < 1.29 is 4.79 Å². The topological polar surface area (TPSA) is 41.5 Å². The number of nitrogens with one attached hydrogen (secondary N) is 1. The van der Waals surface area contributed by atoms with Crippen LogP contribution in [0.5, 0.6) is 0 Å². The zero-order chi connectivity index (χ0) is 14.3. The maximum absolute atomic E-state index is 12.0. The summed E-state index contributed by atoms with van der Waals surface area (Å²) in [4.78, 5) is 16.4. The molecule has 0 bridgehead atoms. The van der Waals surface area contributed by atoms with Crippen LogP contribution in [0.3, 0.4) is 0 Å². The zero-order valence-corrected chi connectivity index (χ0v) is 12.9. The van der Waals surface area contributed by atoms with E-state index in [1.54, 1.807) is 6.07 Å². The van der Waals surface area contributed by atoms with E-state index in [0.29, 0.717) is 16.4 Å². The SMILES string of the molecule is Cc1ccc(N=C2C(=O)Nc3ccc(Br)cc32)cc1Cl. The van der Waals surface area contributed by atoms with Gasteiger partial charge in [0.15, 0.2) is 0 Å². The van der Waals surface area contributed by atoms with Gasteiger partial charge in [-0.3, -0.25) is 4.79 Å². The van der Waals surface area contributed by atoms with E-state index in [1.165, 1.54) is 0 Å². The van der Waals surface area contributed by atoms with Crippen LogP contribution in [0.1, 0.15) is 11.1 Å². The number of benzene rings is 2. The van der Waals surface area contributed by atoms with Gasteiger partial charge in [0.1, 0.15) is 5.71 Å². The van der Waals surface area contributed by atoms with E-state index in [1.807, 2.05) is 37.3 Å². The number of rotatable bonds is 1. The van der Waals surface area contributed by atoms with Crippen molar-refractivity contribution in [2.75, 3.05) is 5.32 Å². The molecule has 0 unspecified atom stereocenters. The molecule has 1 heterocycles. The second kappa shape index (κ2) is 5.04. The van der Waals surface area contributed by atoms with E-state index in [4.69, 9.17) is 11.6 Å². The summed E-state index contributed by atoms with van der Waals surface area (Å²) >= 11 is 9.49. The van der Waals surface area contributed by atoms with E-state index in [0.717, 1.165) is 21.3 Å². The summed E-state index contributed by atoms with van der Waals surface area (Å²) in [5, 5.41) is 3.44. The van der Waals surface area contributed by atoms with Crippen LogP contribution in [0.4, 0.5) is 11.4 Å². The van der Waals surface area contributed by atoms with Gasteiger partial charge in [-0.15, -0.1) is 0 Å². The van der Waals surface area contributed by atoms with Gasteiger partial charge < -0.3 is 5.32 Å². The first-order valence-corrected chi connectivity index (χ1v) is 7.18. The molecular weight excluding hydrogens is 340 g/mol. The lowest BCUT2D eigenvalue weighted by molar-refractivity contribution is -0.110. The normalized spacial score (nSPS) is 15.3. The number of anilines is 1. The Hall–Kier alpha value is -1.65. The Morgan fingerprint density at radius 2 is 2.00 bits per heavy atom. The van der Waals surface area contributed by atoms with Crippen LogP contribution in [-0.2, 0) is 4.79 Å².